The Morgan fingerprint density at radius 3 is 2.26 bits per heavy atom. The normalized spacial score (nSPS) is 17.8. The maximum absolute atomic E-state index is 12.3. The van der Waals surface area contributed by atoms with Gasteiger partial charge in [-0.05, 0) is 42.7 Å². The van der Waals surface area contributed by atoms with Crippen molar-refractivity contribution in [1.29, 1.82) is 0 Å². The summed E-state index contributed by atoms with van der Waals surface area (Å²) in [5, 5.41) is 11.4. The summed E-state index contributed by atoms with van der Waals surface area (Å²) in [7, 11) is 0. The molecule has 23 heavy (non-hydrogen) atoms. The molecule has 0 aromatic heterocycles. The molecule has 4 heteroatoms. The number of halogens is 1. The fourth-order valence-corrected chi connectivity index (χ4v) is 3.17. The molecule has 0 unspecified atom stereocenters. The molecule has 3 nitrogen and oxygen atoms in total. The molecule has 0 bridgehead atoms. The van der Waals surface area contributed by atoms with Crippen LogP contribution in [0.25, 0.3) is 0 Å². The standard InChI is InChI=1S/C19H20ClNO2/c20-17-8-6-15(7-9-17)18(22)14-21-12-10-19(23,11-13-21)16-4-2-1-3-5-16/h1-9,23H,10-14H2. The first-order chi connectivity index (χ1) is 11.1. The smallest absolute Gasteiger partial charge is 0.176 e. The van der Waals surface area contributed by atoms with E-state index in [1.54, 1.807) is 24.3 Å². The van der Waals surface area contributed by atoms with Crippen molar-refractivity contribution in [2.24, 2.45) is 0 Å². The Bertz CT molecular complexity index is 662. The number of nitrogens with zero attached hydrogens (tertiary/aromatic N) is 1. The van der Waals surface area contributed by atoms with E-state index in [1.807, 2.05) is 30.3 Å². The lowest BCUT2D eigenvalue weighted by molar-refractivity contribution is -0.0245. The van der Waals surface area contributed by atoms with Crippen LogP contribution in [0.15, 0.2) is 54.6 Å². The minimum absolute atomic E-state index is 0.0896. The SMILES string of the molecule is O=C(CN1CCC(O)(c2ccccc2)CC1)c1ccc(Cl)cc1. The number of likely N-dealkylation sites (tertiary alicyclic amines) is 1. The van der Waals surface area contributed by atoms with E-state index in [0.29, 0.717) is 43.1 Å². The van der Waals surface area contributed by atoms with Crippen LogP contribution < -0.4 is 0 Å². The van der Waals surface area contributed by atoms with Gasteiger partial charge in [0.05, 0.1) is 12.1 Å². The Kier molecular flexibility index (Phi) is 4.81. The summed E-state index contributed by atoms with van der Waals surface area (Å²) in [6.07, 6.45) is 1.29. The van der Waals surface area contributed by atoms with Gasteiger partial charge in [-0.2, -0.15) is 0 Å². The van der Waals surface area contributed by atoms with Gasteiger partial charge in [0.1, 0.15) is 0 Å². The Morgan fingerprint density at radius 1 is 1.04 bits per heavy atom. The Labute approximate surface area is 141 Å². The predicted octanol–water partition coefficient (Wildman–Crippen LogP) is 3.51. The van der Waals surface area contributed by atoms with Gasteiger partial charge in [0.25, 0.3) is 0 Å². The van der Waals surface area contributed by atoms with Crippen molar-refractivity contribution in [3.8, 4) is 0 Å². The first kappa shape index (κ1) is 16.2. The minimum Gasteiger partial charge on any atom is -0.385 e. The number of carbonyl (C=O) groups is 1. The van der Waals surface area contributed by atoms with Crippen LogP contribution in [0.4, 0.5) is 0 Å². The maximum Gasteiger partial charge on any atom is 0.176 e. The molecule has 3 rings (SSSR count). The number of hydrogen-bond acceptors (Lipinski definition) is 3. The van der Waals surface area contributed by atoms with Gasteiger partial charge in [-0.3, -0.25) is 9.69 Å². The number of aliphatic hydroxyl groups is 1. The van der Waals surface area contributed by atoms with E-state index < -0.39 is 5.60 Å². The molecule has 120 valence electrons. The van der Waals surface area contributed by atoms with Gasteiger partial charge in [-0.15, -0.1) is 0 Å². The van der Waals surface area contributed by atoms with Crippen LogP contribution in [0, 0.1) is 0 Å². The van der Waals surface area contributed by atoms with Crippen LogP contribution in [0.5, 0.6) is 0 Å². The van der Waals surface area contributed by atoms with E-state index in [4.69, 9.17) is 11.6 Å². The van der Waals surface area contributed by atoms with Crippen LogP contribution in [0.1, 0.15) is 28.8 Å². The lowest BCUT2D eigenvalue weighted by Gasteiger charge is -2.38. The van der Waals surface area contributed by atoms with Gasteiger partial charge in [0, 0.05) is 23.7 Å². The second-order valence-corrected chi connectivity index (χ2v) is 6.54. The van der Waals surface area contributed by atoms with Crippen LogP contribution in [-0.4, -0.2) is 35.4 Å². The first-order valence-corrected chi connectivity index (χ1v) is 8.24. The van der Waals surface area contributed by atoms with Crippen molar-refractivity contribution in [3.63, 3.8) is 0 Å². The molecular weight excluding hydrogens is 310 g/mol. The van der Waals surface area contributed by atoms with Crippen LogP contribution >= 0.6 is 11.6 Å². The topological polar surface area (TPSA) is 40.5 Å². The highest BCUT2D eigenvalue weighted by molar-refractivity contribution is 6.30. The average Bonchev–Trinajstić information content (AvgIpc) is 2.58. The molecule has 1 saturated heterocycles. The molecule has 1 heterocycles. The van der Waals surface area contributed by atoms with E-state index >= 15 is 0 Å². The lowest BCUT2D eigenvalue weighted by Crippen LogP contribution is -2.44. The molecule has 0 amide bonds. The Morgan fingerprint density at radius 2 is 1.65 bits per heavy atom. The van der Waals surface area contributed by atoms with Crippen molar-refractivity contribution in [3.05, 3.63) is 70.7 Å². The van der Waals surface area contributed by atoms with Crippen LogP contribution in [0.2, 0.25) is 5.02 Å². The third kappa shape index (κ3) is 3.81. The van der Waals surface area contributed by atoms with Gasteiger partial charge in [0.2, 0.25) is 0 Å². The quantitative estimate of drug-likeness (QED) is 0.873. The zero-order valence-corrected chi connectivity index (χ0v) is 13.7. The molecule has 2 aromatic carbocycles. The van der Waals surface area contributed by atoms with Crippen molar-refractivity contribution in [1.82, 2.24) is 4.90 Å². The van der Waals surface area contributed by atoms with Crippen molar-refractivity contribution < 1.29 is 9.90 Å². The molecule has 0 aliphatic carbocycles. The second-order valence-electron chi connectivity index (χ2n) is 6.10. The molecule has 0 spiro atoms. The zero-order valence-electron chi connectivity index (χ0n) is 12.9. The number of ketones is 1. The Balaban J connectivity index is 1.59. The average molecular weight is 330 g/mol. The summed E-state index contributed by atoms with van der Waals surface area (Å²) in [6, 6.07) is 16.8. The summed E-state index contributed by atoms with van der Waals surface area (Å²) < 4.78 is 0. The van der Waals surface area contributed by atoms with E-state index in [9.17, 15) is 9.90 Å². The van der Waals surface area contributed by atoms with Gasteiger partial charge >= 0.3 is 0 Å². The molecule has 1 aliphatic heterocycles. The highest BCUT2D eigenvalue weighted by atomic mass is 35.5. The fraction of sp³-hybridized carbons (Fsp3) is 0.316. The third-order valence-corrected chi connectivity index (χ3v) is 4.78. The largest absolute Gasteiger partial charge is 0.385 e. The number of Topliss-reactive ketones (excluding diaryl/α,β-unsaturated/α-hetero) is 1. The molecule has 0 atom stereocenters. The minimum atomic E-state index is -0.777. The lowest BCUT2D eigenvalue weighted by atomic mass is 9.84. The molecule has 0 saturated carbocycles. The predicted molar refractivity (Wildman–Crippen MR) is 91.8 cm³/mol. The van der Waals surface area contributed by atoms with E-state index in [1.165, 1.54) is 0 Å². The molecule has 0 radical (unpaired) electrons. The highest BCUT2D eigenvalue weighted by Crippen LogP contribution is 2.32. The van der Waals surface area contributed by atoms with Crippen LogP contribution in [-0.2, 0) is 5.60 Å². The number of hydrogen-bond donors (Lipinski definition) is 1. The van der Waals surface area contributed by atoms with E-state index in [0.717, 1.165) is 5.56 Å². The zero-order chi connectivity index (χ0) is 16.3. The number of carbonyl (C=O) groups excluding carboxylic acids is 1. The summed E-state index contributed by atoms with van der Waals surface area (Å²) in [5.74, 6) is 0.0896. The summed E-state index contributed by atoms with van der Waals surface area (Å²) in [5.41, 5.74) is 0.864. The molecule has 1 N–H and O–H groups in total. The monoisotopic (exact) mass is 329 g/mol. The third-order valence-electron chi connectivity index (χ3n) is 4.53. The molecule has 1 aliphatic rings. The first-order valence-electron chi connectivity index (χ1n) is 7.86. The van der Waals surface area contributed by atoms with Crippen molar-refractivity contribution in [2.45, 2.75) is 18.4 Å². The summed E-state index contributed by atoms with van der Waals surface area (Å²) in [6.45, 7) is 1.81. The number of piperidine rings is 1. The molecule has 2 aromatic rings. The number of rotatable bonds is 4. The van der Waals surface area contributed by atoms with Gasteiger partial charge < -0.3 is 5.11 Å². The van der Waals surface area contributed by atoms with Crippen LogP contribution in [0.3, 0.4) is 0 Å². The number of benzene rings is 2. The van der Waals surface area contributed by atoms with Crippen molar-refractivity contribution >= 4 is 17.4 Å². The second kappa shape index (κ2) is 6.83. The van der Waals surface area contributed by atoms with Gasteiger partial charge in [0.15, 0.2) is 5.78 Å². The van der Waals surface area contributed by atoms with E-state index in [-0.39, 0.29) is 5.78 Å². The summed E-state index contributed by atoms with van der Waals surface area (Å²) >= 11 is 5.85. The Hall–Kier alpha value is -1.68. The molecule has 1 fully saturated rings. The van der Waals surface area contributed by atoms with Gasteiger partial charge in [-0.25, -0.2) is 0 Å². The molecular formula is C19H20ClNO2. The van der Waals surface area contributed by atoms with Crippen molar-refractivity contribution in [2.75, 3.05) is 19.6 Å². The highest BCUT2D eigenvalue weighted by Gasteiger charge is 2.34. The summed E-state index contributed by atoms with van der Waals surface area (Å²) in [4.78, 5) is 14.4. The maximum atomic E-state index is 12.3. The fourth-order valence-electron chi connectivity index (χ4n) is 3.05. The van der Waals surface area contributed by atoms with Gasteiger partial charge in [-0.1, -0.05) is 41.9 Å². The van der Waals surface area contributed by atoms with E-state index in [2.05, 4.69) is 4.90 Å².